The molecule has 1 unspecified atom stereocenters. The Balaban J connectivity index is 2.19. The van der Waals surface area contributed by atoms with Gasteiger partial charge >= 0.3 is 0 Å². The van der Waals surface area contributed by atoms with Gasteiger partial charge in [-0.05, 0) is 35.9 Å². The zero-order chi connectivity index (χ0) is 13.0. The van der Waals surface area contributed by atoms with E-state index in [0.717, 1.165) is 5.56 Å². The van der Waals surface area contributed by atoms with Crippen molar-refractivity contribution in [2.75, 3.05) is 0 Å². The standard InChI is InChI=1S/C14H10ClNOS/c15-13-5-2-6-14(8-13)18(17)10-12-4-1-3-11(7-12)9-16/h1-8H,10H2. The summed E-state index contributed by atoms with van der Waals surface area (Å²) in [6.07, 6.45) is 0. The summed E-state index contributed by atoms with van der Waals surface area (Å²) < 4.78 is 12.1. The highest BCUT2D eigenvalue weighted by Gasteiger charge is 2.06. The smallest absolute Gasteiger partial charge is 0.0991 e. The Bertz CT molecular complexity index is 634. The lowest BCUT2D eigenvalue weighted by Crippen LogP contribution is -1.96. The maximum absolute atomic E-state index is 12.1. The first kappa shape index (κ1) is 12.8. The number of nitriles is 1. The molecular formula is C14H10ClNOS. The first-order valence-electron chi connectivity index (χ1n) is 5.32. The quantitative estimate of drug-likeness (QED) is 0.860. The molecule has 2 aromatic carbocycles. The van der Waals surface area contributed by atoms with Gasteiger partial charge in [0.25, 0.3) is 0 Å². The molecule has 0 spiro atoms. The van der Waals surface area contributed by atoms with Gasteiger partial charge in [0.1, 0.15) is 0 Å². The van der Waals surface area contributed by atoms with Gasteiger partial charge in [0.15, 0.2) is 0 Å². The van der Waals surface area contributed by atoms with E-state index in [1.54, 1.807) is 42.5 Å². The zero-order valence-corrected chi connectivity index (χ0v) is 11.0. The van der Waals surface area contributed by atoms with Crippen LogP contribution in [0.2, 0.25) is 5.02 Å². The van der Waals surface area contributed by atoms with E-state index >= 15 is 0 Å². The summed E-state index contributed by atoms with van der Waals surface area (Å²) in [5.74, 6) is 0.385. The lowest BCUT2D eigenvalue weighted by Gasteiger charge is -2.03. The molecule has 0 fully saturated rings. The van der Waals surface area contributed by atoms with E-state index in [1.807, 2.05) is 6.07 Å². The SMILES string of the molecule is N#Cc1cccc(CS(=O)c2cccc(Cl)c2)c1. The Kier molecular flexibility index (Phi) is 4.14. The Morgan fingerprint density at radius 1 is 1.17 bits per heavy atom. The summed E-state index contributed by atoms with van der Waals surface area (Å²) in [5, 5.41) is 9.38. The number of rotatable bonds is 3. The summed E-state index contributed by atoms with van der Waals surface area (Å²) in [6, 6.07) is 16.2. The number of benzene rings is 2. The lowest BCUT2D eigenvalue weighted by molar-refractivity contribution is 0.682. The third-order valence-corrected chi connectivity index (χ3v) is 4.02. The largest absolute Gasteiger partial charge is 0.254 e. The topological polar surface area (TPSA) is 40.9 Å². The third kappa shape index (κ3) is 3.19. The minimum atomic E-state index is -1.15. The highest BCUT2D eigenvalue weighted by molar-refractivity contribution is 7.84. The number of hydrogen-bond acceptors (Lipinski definition) is 2. The second kappa shape index (κ2) is 5.81. The Labute approximate surface area is 113 Å². The lowest BCUT2D eigenvalue weighted by atomic mass is 10.2. The van der Waals surface area contributed by atoms with Gasteiger partial charge in [-0.1, -0.05) is 29.8 Å². The molecule has 1 atom stereocenters. The van der Waals surface area contributed by atoms with Crippen molar-refractivity contribution in [3.63, 3.8) is 0 Å². The second-order valence-corrected chi connectivity index (χ2v) is 5.65. The van der Waals surface area contributed by atoms with Crippen LogP contribution in [-0.2, 0) is 16.6 Å². The molecule has 0 radical (unpaired) electrons. The van der Waals surface area contributed by atoms with Crippen LogP contribution in [0.3, 0.4) is 0 Å². The first-order chi connectivity index (χ1) is 8.69. The van der Waals surface area contributed by atoms with Crippen LogP contribution in [0.25, 0.3) is 0 Å². The van der Waals surface area contributed by atoms with Crippen LogP contribution in [0.15, 0.2) is 53.4 Å². The fourth-order valence-electron chi connectivity index (χ4n) is 1.57. The van der Waals surface area contributed by atoms with Gasteiger partial charge in [0, 0.05) is 9.92 Å². The average molecular weight is 276 g/mol. The van der Waals surface area contributed by atoms with Gasteiger partial charge in [-0.15, -0.1) is 0 Å². The molecule has 2 aromatic rings. The van der Waals surface area contributed by atoms with E-state index in [0.29, 0.717) is 21.2 Å². The Morgan fingerprint density at radius 3 is 2.67 bits per heavy atom. The fourth-order valence-corrected chi connectivity index (χ4v) is 2.97. The zero-order valence-electron chi connectivity index (χ0n) is 9.47. The van der Waals surface area contributed by atoms with Crippen molar-refractivity contribution >= 4 is 22.4 Å². The normalized spacial score (nSPS) is 11.8. The molecule has 18 heavy (non-hydrogen) atoms. The minimum Gasteiger partial charge on any atom is -0.254 e. The molecule has 0 heterocycles. The molecule has 4 heteroatoms. The second-order valence-electron chi connectivity index (χ2n) is 3.76. The molecule has 0 amide bonds. The van der Waals surface area contributed by atoms with Crippen LogP contribution in [0.5, 0.6) is 0 Å². The van der Waals surface area contributed by atoms with Crippen LogP contribution in [0, 0.1) is 11.3 Å². The molecule has 0 saturated heterocycles. The van der Waals surface area contributed by atoms with Crippen molar-refractivity contribution in [3.8, 4) is 6.07 Å². The van der Waals surface area contributed by atoms with Crippen LogP contribution in [0.4, 0.5) is 0 Å². The highest BCUT2D eigenvalue weighted by Crippen LogP contribution is 2.17. The van der Waals surface area contributed by atoms with Crippen molar-refractivity contribution in [3.05, 3.63) is 64.7 Å². The predicted octanol–water partition coefficient (Wildman–Crippen LogP) is 3.52. The number of nitrogens with zero attached hydrogens (tertiary/aromatic N) is 1. The van der Waals surface area contributed by atoms with Crippen molar-refractivity contribution in [1.82, 2.24) is 0 Å². The highest BCUT2D eigenvalue weighted by atomic mass is 35.5. The van der Waals surface area contributed by atoms with E-state index in [-0.39, 0.29) is 0 Å². The van der Waals surface area contributed by atoms with E-state index in [9.17, 15) is 4.21 Å². The van der Waals surface area contributed by atoms with Gasteiger partial charge < -0.3 is 0 Å². The van der Waals surface area contributed by atoms with Crippen LogP contribution in [-0.4, -0.2) is 4.21 Å². The predicted molar refractivity (Wildman–Crippen MR) is 72.7 cm³/mol. The molecule has 90 valence electrons. The van der Waals surface area contributed by atoms with Crippen molar-refractivity contribution in [2.24, 2.45) is 0 Å². The maximum atomic E-state index is 12.1. The molecule has 0 saturated carbocycles. The molecule has 2 rings (SSSR count). The summed E-state index contributed by atoms with van der Waals surface area (Å²) in [6.45, 7) is 0. The summed E-state index contributed by atoms with van der Waals surface area (Å²) in [7, 11) is -1.15. The van der Waals surface area contributed by atoms with Gasteiger partial charge in [-0.2, -0.15) is 5.26 Å². The molecule has 2 nitrogen and oxygen atoms in total. The van der Waals surface area contributed by atoms with Crippen LogP contribution >= 0.6 is 11.6 Å². The molecule has 0 N–H and O–H groups in total. The van der Waals surface area contributed by atoms with Crippen LogP contribution < -0.4 is 0 Å². The van der Waals surface area contributed by atoms with Crippen molar-refractivity contribution < 1.29 is 4.21 Å². The van der Waals surface area contributed by atoms with Crippen molar-refractivity contribution in [1.29, 1.82) is 5.26 Å². The third-order valence-electron chi connectivity index (χ3n) is 2.41. The van der Waals surface area contributed by atoms with Crippen molar-refractivity contribution in [2.45, 2.75) is 10.6 Å². The van der Waals surface area contributed by atoms with E-state index in [4.69, 9.17) is 16.9 Å². The van der Waals surface area contributed by atoms with E-state index in [1.165, 1.54) is 0 Å². The molecule has 0 aromatic heterocycles. The van der Waals surface area contributed by atoms with E-state index in [2.05, 4.69) is 6.07 Å². The molecular weight excluding hydrogens is 266 g/mol. The van der Waals surface area contributed by atoms with Gasteiger partial charge in [-0.3, -0.25) is 4.21 Å². The molecule has 0 aliphatic rings. The summed E-state index contributed by atoms with van der Waals surface area (Å²) in [4.78, 5) is 0.699. The Hall–Kier alpha value is -1.63. The van der Waals surface area contributed by atoms with Gasteiger partial charge in [0.2, 0.25) is 0 Å². The summed E-state index contributed by atoms with van der Waals surface area (Å²) in [5.41, 5.74) is 1.46. The minimum absolute atomic E-state index is 0.385. The first-order valence-corrected chi connectivity index (χ1v) is 7.02. The van der Waals surface area contributed by atoms with Crippen LogP contribution in [0.1, 0.15) is 11.1 Å². The number of hydrogen-bond donors (Lipinski definition) is 0. The van der Waals surface area contributed by atoms with Gasteiger partial charge in [-0.25, -0.2) is 0 Å². The molecule has 0 aliphatic carbocycles. The Morgan fingerprint density at radius 2 is 1.94 bits per heavy atom. The monoisotopic (exact) mass is 275 g/mol. The average Bonchev–Trinajstić information content (AvgIpc) is 2.39. The maximum Gasteiger partial charge on any atom is 0.0991 e. The summed E-state index contributed by atoms with van der Waals surface area (Å²) >= 11 is 5.86. The molecule has 0 bridgehead atoms. The molecule has 0 aliphatic heterocycles. The fraction of sp³-hybridized carbons (Fsp3) is 0.0714. The van der Waals surface area contributed by atoms with Gasteiger partial charge in [0.05, 0.1) is 28.2 Å². The van der Waals surface area contributed by atoms with E-state index < -0.39 is 10.8 Å². The number of halogens is 1.